The third-order valence-corrected chi connectivity index (χ3v) is 4.12. The second kappa shape index (κ2) is 8.47. The molecule has 1 aliphatic rings. The van der Waals surface area contributed by atoms with Gasteiger partial charge >= 0.3 is 11.9 Å². The lowest BCUT2D eigenvalue weighted by atomic mass is 10.2. The molecule has 8 nitrogen and oxygen atoms in total. The molecule has 0 saturated heterocycles. The van der Waals surface area contributed by atoms with E-state index in [1.54, 1.807) is 18.2 Å². The molecule has 0 aliphatic heterocycles. The molecule has 0 radical (unpaired) electrons. The average Bonchev–Trinajstić information content (AvgIpc) is 3.39. The number of benzene rings is 1. The lowest BCUT2D eigenvalue weighted by Gasteiger charge is -2.22. The fourth-order valence-electron chi connectivity index (χ4n) is 2.56. The van der Waals surface area contributed by atoms with Crippen molar-refractivity contribution in [3.63, 3.8) is 0 Å². The Morgan fingerprint density at radius 2 is 2.04 bits per heavy atom. The van der Waals surface area contributed by atoms with Gasteiger partial charge in [0.05, 0.1) is 6.07 Å². The van der Waals surface area contributed by atoms with E-state index in [0.29, 0.717) is 5.56 Å². The van der Waals surface area contributed by atoms with Crippen LogP contribution in [0.3, 0.4) is 0 Å². The predicted octanol–water partition coefficient (Wildman–Crippen LogP) is 3.07. The Morgan fingerprint density at radius 3 is 2.68 bits per heavy atom. The minimum Gasteiger partial charge on any atom is -0.452 e. The lowest BCUT2D eigenvalue weighted by Crippen LogP contribution is -2.36. The van der Waals surface area contributed by atoms with Crippen LogP contribution in [0, 0.1) is 15.9 Å². The summed E-state index contributed by atoms with van der Waals surface area (Å²) in [5, 5.41) is 10.5. The first-order valence-corrected chi connectivity index (χ1v) is 8.56. The van der Waals surface area contributed by atoms with E-state index in [1.165, 1.54) is 23.1 Å². The summed E-state index contributed by atoms with van der Waals surface area (Å²) in [6.45, 7) is -0.369. The third kappa shape index (κ3) is 5.03. The van der Waals surface area contributed by atoms with Gasteiger partial charge in [0.2, 0.25) is 0 Å². The van der Waals surface area contributed by atoms with Crippen LogP contribution in [0.25, 0.3) is 6.08 Å². The van der Waals surface area contributed by atoms with Crippen LogP contribution in [0.2, 0.25) is 0 Å². The van der Waals surface area contributed by atoms with Crippen molar-refractivity contribution in [2.24, 2.45) is 0 Å². The van der Waals surface area contributed by atoms with Gasteiger partial charge in [-0.3, -0.25) is 14.9 Å². The van der Waals surface area contributed by atoms with Gasteiger partial charge < -0.3 is 14.1 Å². The number of hydrogen-bond acceptors (Lipinski definition) is 6. The zero-order chi connectivity index (χ0) is 20.1. The second-order valence-electron chi connectivity index (χ2n) is 6.22. The molecule has 28 heavy (non-hydrogen) atoms. The van der Waals surface area contributed by atoms with Crippen LogP contribution in [-0.4, -0.2) is 34.3 Å². The van der Waals surface area contributed by atoms with Crippen LogP contribution >= 0.6 is 0 Å². The van der Waals surface area contributed by atoms with Crippen molar-refractivity contribution in [3.05, 3.63) is 69.7 Å². The third-order valence-electron chi connectivity index (χ3n) is 4.12. The molecule has 1 saturated carbocycles. The van der Waals surface area contributed by atoms with Crippen molar-refractivity contribution in [1.82, 2.24) is 4.90 Å². The van der Waals surface area contributed by atoms with E-state index in [2.05, 4.69) is 0 Å². The molecule has 146 valence electrons. The first-order valence-electron chi connectivity index (χ1n) is 8.56. The maximum Gasteiger partial charge on any atom is 0.433 e. The SMILES string of the molecule is O=C(/C=C/c1ccc([N+](=O)[O-])o1)OCC(=O)N(Cc1ccccc1F)C1CC1. The van der Waals surface area contributed by atoms with Gasteiger partial charge in [-0.05, 0) is 31.1 Å². The fraction of sp³-hybridized carbons (Fsp3) is 0.263. The number of carbonyl (C=O) groups excluding carboxylic acids is 2. The number of carbonyl (C=O) groups is 2. The van der Waals surface area contributed by atoms with Gasteiger partial charge in [-0.2, -0.15) is 0 Å². The van der Waals surface area contributed by atoms with Crippen molar-refractivity contribution < 1.29 is 28.1 Å². The summed E-state index contributed by atoms with van der Waals surface area (Å²) < 4.78 is 23.6. The molecule has 2 aromatic rings. The summed E-state index contributed by atoms with van der Waals surface area (Å²) in [4.78, 5) is 35.5. The maximum atomic E-state index is 13.8. The summed E-state index contributed by atoms with van der Waals surface area (Å²) in [5.74, 6) is -1.95. The number of halogens is 1. The van der Waals surface area contributed by atoms with E-state index in [9.17, 15) is 24.1 Å². The zero-order valence-electron chi connectivity index (χ0n) is 14.7. The van der Waals surface area contributed by atoms with Gasteiger partial charge in [0, 0.05) is 24.2 Å². The molecule has 1 amide bonds. The van der Waals surface area contributed by atoms with Gasteiger partial charge in [-0.15, -0.1) is 0 Å². The Kier molecular flexibility index (Phi) is 5.83. The van der Waals surface area contributed by atoms with Crippen molar-refractivity contribution >= 4 is 23.8 Å². The van der Waals surface area contributed by atoms with Crippen LogP contribution in [0.4, 0.5) is 10.3 Å². The first-order chi connectivity index (χ1) is 13.4. The lowest BCUT2D eigenvalue weighted by molar-refractivity contribution is -0.402. The summed E-state index contributed by atoms with van der Waals surface area (Å²) in [7, 11) is 0. The molecule has 1 fully saturated rings. The number of nitrogens with zero attached hydrogens (tertiary/aromatic N) is 2. The first kappa shape index (κ1) is 19.3. The van der Waals surface area contributed by atoms with E-state index >= 15 is 0 Å². The van der Waals surface area contributed by atoms with E-state index in [1.807, 2.05) is 0 Å². The van der Waals surface area contributed by atoms with E-state index in [0.717, 1.165) is 25.0 Å². The predicted molar refractivity (Wildman–Crippen MR) is 95.3 cm³/mol. The molecule has 1 aromatic heterocycles. The topological polar surface area (TPSA) is 103 Å². The highest BCUT2D eigenvalue weighted by Gasteiger charge is 2.33. The summed E-state index contributed by atoms with van der Waals surface area (Å²) in [6, 6.07) is 8.71. The summed E-state index contributed by atoms with van der Waals surface area (Å²) in [5.41, 5.74) is 0.397. The van der Waals surface area contributed by atoms with Crippen molar-refractivity contribution in [2.45, 2.75) is 25.4 Å². The van der Waals surface area contributed by atoms with E-state index in [-0.39, 0.29) is 18.3 Å². The quantitative estimate of drug-likeness (QED) is 0.298. The Morgan fingerprint density at radius 1 is 1.29 bits per heavy atom. The molecular formula is C19H17FN2O6. The minimum absolute atomic E-state index is 0.0185. The van der Waals surface area contributed by atoms with Crippen molar-refractivity contribution in [2.75, 3.05) is 6.61 Å². The van der Waals surface area contributed by atoms with Gasteiger partial charge in [0.25, 0.3) is 5.91 Å². The smallest absolute Gasteiger partial charge is 0.433 e. The Labute approximate surface area is 159 Å². The Balaban J connectivity index is 1.53. The number of rotatable bonds is 8. The molecule has 1 aliphatic carbocycles. The molecule has 0 spiro atoms. The van der Waals surface area contributed by atoms with Crippen molar-refractivity contribution in [1.29, 1.82) is 0 Å². The van der Waals surface area contributed by atoms with Crippen LogP contribution in [-0.2, 0) is 20.9 Å². The van der Waals surface area contributed by atoms with Gasteiger partial charge in [-0.25, -0.2) is 9.18 Å². The Bertz CT molecular complexity index is 919. The van der Waals surface area contributed by atoms with Crippen LogP contribution in [0.15, 0.2) is 46.9 Å². The molecule has 1 heterocycles. The molecule has 0 atom stereocenters. The monoisotopic (exact) mass is 388 g/mol. The maximum absolute atomic E-state index is 13.8. The van der Waals surface area contributed by atoms with Crippen molar-refractivity contribution in [3.8, 4) is 0 Å². The standard InChI is InChI=1S/C19H17FN2O6/c20-16-4-2-1-3-13(16)11-21(14-5-6-14)17(23)12-27-19(24)10-8-15-7-9-18(28-15)22(25)26/h1-4,7-10,14H,5-6,11-12H2/b10-8+. The molecule has 1 aromatic carbocycles. The highest BCUT2D eigenvalue weighted by Crippen LogP contribution is 2.29. The number of ether oxygens (including phenoxy) is 1. The number of furan rings is 1. The molecule has 0 bridgehead atoms. The molecule has 0 unspecified atom stereocenters. The molecule has 9 heteroatoms. The van der Waals surface area contributed by atoms with E-state index < -0.39 is 35.1 Å². The van der Waals surface area contributed by atoms with Crippen LogP contribution in [0.1, 0.15) is 24.2 Å². The highest BCUT2D eigenvalue weighted by molar-refractivity contribution is 5.89. The average molecular weight is 388 g/mol. The zero-order valence-corrected chi connectivity index (χ0v) is 14.7. The Hall–Kier alpha value is -3.49. The number of amides is 1. The number of hydrogen-bond donors (Lipinski definition) is 0. The van der Waals surface area contributed by atoms with Gasteiger partial charge in [0.1, 0.15) is 16.5 Å². The van der Waals surface area contributed by atoms with Gasteiger partial charge in [0.15, 0.2) is 6.61 Å². The highest BCUT2D eigenvalue weighted by atomic mass is 19.1. The molecule has 0 N–H and O–H groups in total. The van der Waals surface area contributed by atoms with Crippen LogP contribution < -0.4 is 0 Å². The molecule has 3 rings (SSSR count). The number of nitro groups is 1. The normalized spacial score (nSPS) is 13.5. The van der Waals surface area contributed by atoms with Gasteiger partial charge in [-0.1, -0.05) is 18.2 Å². The van der Waals surface area contributed by atoms with Crippen LogP contribution in [0.5, 0.6) is 0 Å². The largest absolute Gasteiger partial charge is 0.452 e. The fourth-order valence-corrected chi connectivity index (χ4v) is 2.56. The van der Waals surface area contributed by atoms with E-state index in [4.69, 9.17) is 9.15 Å². The summed E-state index contributed by atoms with van der Waals surface area (Å²) >= 11 is 0. The minimum atomic E-state index is -0.797. The molecular weight excluding hydrogens is 371 g/mol. The second-order valence-corrected chi connectivity index (χ2v) is 6.22. The summed E-state index contributed by atoms with van der Waals surface area (Å²) in [6.07, 6.45) is 3.86. The number of esters is 1.